The van der Waals surface area contributed by atoms with Gasteiger partial charge in [0.25, 0.3) is 0 Å². The third kappa shape index (κ3) is 3.39. The molecule has 0 atom stereocenters. The summed E-state index contributed by atoms with van der Waals surface area (Å²) in [6.45, 7) is 1.54. The molecule has 1 rings (SSSR count). The molecular formula is C10H16N4OS. The van der Waals surface area contributed by atoms with Gasteiger partial charge in [-0.25, -0.2) is 9.97 Å². The second-order valence-electron chi connectivity index (χ2n) is 3.36. The average molecular weight is 240 g/mol. The van der Waals surface area contributed by atoms with E-state index in [-0.39, 0.29) is 4.99 Å². The van der Waals surface area contributed by atoms with Crippen LogP contribution in [0.1, 0.15) is 12.1 Å². The fourth-order valence-corrected chi connectivity index (χ4v) is 1.48. The lowest BCUT2D eigenvalue weighted by Gasteiger charge is -2.19. The van der Waals surface area contributed by atoms with E-state index in [4.69, 9.17) is 22.7 Å². The zero-order valence-electron chi connectivity index (χ0n) is 9.51. The zero-order valence-corrected chi connectivity index (χ0v) is 10.3. The number of aromatic nitrogens is 2. The fraction of sp³-hybridized carbons (Fsp3) is 0.500. The monoisotopic (exact) mass is 240 g/mol. The van der Waals surface area contributed by atoms with Crippen molar-refractivity contribution in [3.63, 3.8) is 0 Å². The number of thiocarbonyl (C=S) groups is 1. The summed E-state index contributed by atoms with van der Waals surface area (Å²) < 4.78 is 4.99. The van der Waals surface area contributed by atoms with Crippen molar-refractivity contribution in [3.8, 4) is 0 Å². The molecule has 88 valence electrons. The van der Waals surface area contributed by atoms with Crippen molar-refractivity contribution in [2.45, 2.75) is 6.42 Å². The first-order chi connectivity index (χ1) is 7.66. The molecule has 1 heterocycles. The minimum Gasteiger partial charge on any atom is -0.388 e. The van der Waals surface area contributed by atoms with Crippen LogP contribution in [0.15, 0.2) is 12.4 Å². The Kier molecular flexibility index (Phi) is 5.07. The van der Waals surface area contributed by atoms with Crippen molar-refractivity contribution in [3.05, 3.63) is 18.1 Å². The Labute approximate surface area is 101 Å². The second kappa shape index (κ2) is 6.34. The molecular weight excluding hydrogens is 224 g/mol. The van der Waals surface area contributed by atoms with Gasteiger partial charge in [-0.2, -0.15) is 0 Å². The SMILES string of the molecule is COCCCN(C)c1nccnc1C(N)=S. The summed E-state index contributed by atoms with van der Waals surface area (Å²) in [5.41, 5.74) is 6.15. The molecule has 0 bridgehead atoms. The molecule has 0 spiro atoms. The molecule has 0 aliphatic rings. The normalized spacial score (nSPS) is 10.1. The molecule has 1 aromatic rings. The number of hydrogen-bond donors (Lipinski definition) is 1. The van der Waals surface area contributed by atoms with Crippen molar-refractivity contribution in [1.29, 1.82) is 0 Å². The van der Waals surface area contributed by atoms with Gasteiger partial charge in [0.15, 0.2) is 5.82 Å². The van der Waals surface area contributed by atoms with Crippen LogP contribution < -0.4 is 10.6 Å². The largest absolute Gasteiger partial charge is 0.388 e. The van der Waals surface area contributed by atoms with Gasteiger partial charge in [-0.05, 0) is 6.42 Å². The highest BCUT2D eigenvalue weighted by Gasteiger charge is 2.11. The molecule has 1 aromatic heterocycles. The molecule has 0 unspecified atom stereocenters. The fourth-order valence-electron chi connectivity index (χ4n) is 1.34. The number of nitrogens with two attached hydrogens (primary N) is 1. The highest BCUT2D eigenvalue weighted by atomic mass is 32.1. The summed E-state index contributed by atoms with van der Waals surface area (Å²) in [5.74, 6) is 0.714. The van der Waals surface area contributed by atoms with Gasteiger partial charge in [0.05, 0.1) is 0 Å². The minimum atomic E-state index is 0.265. The topological polar surface area (TPSA) is 64.3 Å². The van der Waals surface area contributed by atoms with E-state index in [1.54, 1.807) is 19.5 Å². The molecule has 0 aliphatic heterocycles. The predicted octanol–water partition coefficient (Wildman–Crippen LogP) is 0.584. The number of rotatable bonds is 6. The molecule has 5 nitrogen and oxygen atoms in total. The van der Waals surface area contributed by atoms with E-state index in [9.17, 15) is 0 Å². The minimum absolute atomic E-state index is 0.265. The molecule has 0 saturated carbocycles. The van der Waals surface area contributed by atoms with E-state index in [2.05, 4.69) is 9.97 Å². The molecule has 2 N–H and O–H groups in total. The van der Waals surface area contributed by atoms with Gasteiger partial charge in [-0.3, -0.25) is 0 Å². The van der Waals surface area contributed by atoms with Gasteiger partial charge in [0.2, 0.25) is 0 Å². The number of ether oxygens (including phenoxy) is 1. The van der Waals surface area contributed by atoms with E-state index < -0.39 is 0 Å². The Morgan fingerprint density at radius 2 is 2.19 bits per heavy atom. The van der Waals surface area contributed by atoms with Crippen molar-refractivity contribution in [2.75, 3.05) is 32.2 Å². The molecule has 0 amide bonds. The first kappa shape index (κ1) is 12.8. The molecule has 16 heavy (non-hydrogen) atoms. The second-order valence-corrected chi connectivity index (χ2v) is 3.80. The maximum atomic E-state index is 5.58. The van der Waals surface area contributed by atoms with Gasteiger partial charge in [-0.1, -0.05) is 12.2 Å². The van der Waals surface area contributed by atoms with Crippen molar-refractivity contribution < 1.29 is 4.74 Å². The number of hydrogen-bond acceptors (Lipinski definition) is 5. The van der Waals surface area contributed by atoms with Crippen LogP contribution in [0.25, 0.3) is 0 Å². The molecule has 0 aromatic carbocycles. The summed E-state index contributed by atoms with van der Waals surface area (Å²) in [5, 5.41) is 0. The Morgan fingerprint density at radius 3 is 2.81 bits per heavy atom. The summed E-state index contributed by atoms with van der Waals surface area (Å²) in [6, 6.07) is 0. The summed E-state index contributed by atoms with van der Waals surface area (Å²) in [6.07, 6.45) is 4.13. The first-order valence-corrected chi connectivity index (χ1v) is 5.38. The Balaban J connectivity index is 2.74. The van der Waals surface area contributed by atoms with Gasteiger partial charge in [-0.15, -0.1) is 0 Å². The Bertz CT molecular complexity index is 358. The number of nitrogens with zero attached hydrogens (tertiary/aromatic N) is 3. The van der Waals surface area contributed by atoms with Crippen molar-refractivity contribution in [2.24, 2.45) is 5.73 Å². The number of methoxy groups -OCH3 is 1. The Hall–Kier alpha value is -1.27. The zero-order chi connectivity index (χ0) is 12.0. The molecule has 0 aliphatic carbocycles. The molecule has 6 heteroatoms. The first-order valence-electron chi connectivity index (χ1n) is 4.97. The lowest BCUT2D eigenvalue weighted by atomic mass is 10.3. The standard InChI is InChI=1S/C10H16N4OS/c1-14(6-3-7-15-2)10-8(9(11)16)12-4-5-13-10/h4-5H,3,6-7H2,1-2H3,(H2,11,16). The van der Waals surface area contributed by atoms with E-state index >= 15 is 0 Å². The van der Waals surface area contributed by atoms with Crippen LogP contribution in [0.2, 0.25) is 0 Å². The van der Waals surface area contributed by atoms with E-state index in [1.165, 1.54) is 0 Å². The summed E-state index contributed by atoms with van der Waals surface area (Å²) >= 11 is 4.93. The number of anilines is 1. The van der Waals surface area contributed by atoms with Crippen LogP contribution in [0.4, 0.5) is 5.82 Å². The third-order valence-electron chi connectivity index (χ3n) is 2.12. The van der Waals surface area contributed by atoms with E-state index in [0.717, 1.165) is 13.0 Å². The lowest BCUT2D eigenvalue weighted by molar-refractivity contribution is 0.196. The van der Waals surface area contributed by atoms with Gasteiger partial charge >= 0.3 is 0 Å². The van der Waals surface area contributed by atoms with Gasteiger partial charge in [0.1, 0.15) is 10.7 Å². The van der Waals surface area contributed by atoms with Crippen LogP contribution in [0.5, 0.6) is 0 Å². The van der Waals surface area contributed by atoms with Gasteiger partial charge in [0, 0.05) is 39.7 Å². The highest BCUT2D eigenvalue weighted by Crippen LogP contribution is 2.13. The van der Waals surface area contributed by atoms with Crippen LogP contribution in [-0.4, -0.2) is 42.3 Å². The average Bonchev–Trinajstić information content (AvgIpc) is 2.29. The molecule has 0 fully saturated rings. The van der Waals surface area contributed by atoms with Gasteiger partial charge < -0.3 is 15.4 Å². The van der Waals surface area contributed by atoms with Crippen LogP contribution in [0, 0.1) is 0 Å². The smallest absolute Gasteiger partial charge is 0.157 e. The van der Waals surface area contributed by atoms with Crippen LogP contribution in [-0.2, 0) is 4.74 Å². The summed E-state index contributed by atoms with van der Waals surface area (Å²) in [7, 11) is 3.62. The molecule has 0 saturated heterocycles. The van der Waals surface area contributed by atoms with Crippen molar-refractivity contribution >= 4 is 23.0 Å². The predicted molar refractivity (Wildman–Crippen MR) is 67.7 cm³/mol. The molecule has 0 radical (unpaired) electrons. The maximum absolute atomic E-state index is 5.58. The Morgan fingerprint density at radius 1 is 1.50 bits per heavy atom. The van der Waals surface area contributed by atoms with E-state index in [1.807, 2.05) is 11.9 Å². The van der Waals surface area contributed by atoms with Crippen LogP contribution >= 0.6 is 12.2 Å². The summed E-state index contributed by atoms with van der Waals surface area (Å²) in [4.78, 5) is 10.6. The highest BCUT2D eigenvalue weighted by molar-refractivity contribution is 7.80. The third-order valence-corrected chi connectivity index (χ3v) is 2.31. The maximum Gasteiger partial charge on any atom is 0.157 e. The quantitative estimate of drug-likeness (QED) is 0.580. The van der Waals surface area contributed by atoms with E-state index in [0.29, 0.717) is 18.1 Å². The van der Waals surface area contributed by atoms with Crippen molar-refractivity contribution in [1.82, 2.24) is 9.97 Å². The van der Waals surface area contributed by atoms with Crippen LogP contribution in [0.3, 0.4) is 0 Å². The lowest BCUT2D eigenvalue weighted by Crippen LogP contribution is -2.25.